The maximum Gasteiger partial charge on any atom is 0.159 e. The Kier molecular flexibility index (Phi) is 4.71. The molecule has 2 N–H and O–H groups in total. The molecule has 2 aromatic carbocycles. The first kappa shape index (κ1) is 13.8. The zero-order valence-electron chi connectivity index (χ0n) is 10.3. The van der Waals surface area contributed by atoms with Crippen LogP contribution < -0.4 is 10.5 Å². The van der Waals surface area contributed by atoms with E-state index >= 15 is 0 Å². The number of amidine groups is 1. The molecule has 0 bridgehead atoms. The third-order valence-corrected chi connectivity index (χ3v) is 3.08. The van der Waals surface area contributed by atoms with Crippen LogP contribution in [0.2, 0.25) is 5.02 Å². The highest BCUT2D eigenvalue weighted by molar-refractivity contribution is 8.13. The van der Waals surface area contributed by atoms with Crippen LogP contribution >= 0.6 is 23.4 Å². The molecule has 5 heteroatoms. The van der Waals surface area contributed by atoms with Gasteiger partial charge in [-0.25, -0.2) is 4.99 Å². The molecule has 2 rings (SSSR count). The molecule has 0 aliphatic heterocycles. The van der Waals surface area contributed by atoms with Gasteiger partial charge < -0.3 is 10.5 Å². The van der Waals surface area contributed by atoms with E-state index in [1.807, 2.05) is 36.6 Å². The van der Waals surface area contributed by atoms with Gasteiger partial charge in [0.15, 0.2) is 10.9 Å². The molecule has 0 unspecified atom stereocenters. The Balaban J connectivity index is 2.35. The fourth-order valence-electron chi connectivity index (χ4n) is 1.44. The van der Waals surface area contributed by atoms with Gasteiger partial charge in [0, 0.05) is 11.1 Å². The Morgan fingerprint density at radius 1 is 1.21 bits per heavy atom. The van der Waals surface area contributed by atoms with Gasteiger partial charge in [-0.05, 0) is 30.5 Å². The number of thioether (sulfide) groups is 1. The zero-order valence-corrected chi connectivity index (χ0v) is 11.9. The third-order valence-electron chi connectivity index (χ3n) is 2.33. The van der Waals surface area contributed by atoms with Crippen molar-refractivity contribution < 1.29 is 4.74 Å². The molecule has 2 aromatic rings. The second-order valence-electron chi connectivity index (χ2n) is 3.68. The van der Waals surface area contributed by atoms with Crippen molar-refractivity contribution in [1.29, 1.82) is 0 Å². The van der Waals surface area contributed by atoms with Crippen LogP contribution in [0.5, 0.6) is 11.5 Å². The Morgan fingerprint density at radius 2 is 1.95 bits per heavy atom. The van der Waals surface area contributed by atoms with Crippen LogP contribution in [0.25, 0.3) is 0 Å². The number of aliphatic imine (C=N–C) groups is 1. The average molecular weight is 293 g/mol. The summed E-state index contributed by atoms with van der Waals surface area (Å²) < 4.78 is 5.78. The van der Waals surface area contributed by atoms with Gasteiger partial charge in [-0.3, -0.25) is 0 Å². The topological polar surface area (TPSA) is 47.6 Å². The van der Waals surface area contributed by atoms with Crippen molar-refractivity contribution in [3.8, 4) is 11.5 Å². The lowest BCUT2D eigenvalue weighted by molar-refractivity contribution is 0.484. The average Bonchev–Trinajstić information content (AvgIpc) is 2.43. The molecular formula is C14H13ClN2OS. The van der Waals surface area contributed by atoms with Gasteiger partial charge in [-0.1, -0.05) is 41.6 Å². The Morgan fingerprint density at radius 3 is 2.63 bits per heavy atom. The lowest BCUT2D eigenvalue weighted by Crippen LogP contribution is -2.04. The number of para-hydroxylation sites is 1. The predicted octanol–water partition coefficient (Wildman–Crippen LogP) is 4.44. The van der Waals surface area contributed by atoms with Crippen molar-refractivity contribution in [1.82, 2.24) is 0 Å². The summed E-state index contributed by atoms with van der Waals surface area (Å²) in [5.74, 6) is 1.31. The van der Waals surface area contributed by atoms with Crippen molar-refractivity contribution in [2.45, 2.75) is 0 Å². The number of nitrogens with zero attached hydrogens (tertiary/aromatic N) is 1. The third kappa shape index (κ3) is 3.91. The normalized spacial score (nSPS) is 11.4. The minimum absolute atomic E-state index is 0.472. The van der Waals surface area contributed by atoms with Crippen molar-refractivity contribution in [3.05, 3.63) is 53.6 Å². The van der Waals surface area contributed by atoms with Crippen LogP contribution in [0.1, 0.15) is 0 Å². The fraction of sp³-hybridized carbons (Fsp3) is 0.0714. The van der Waals surface area contributed by atoms with E-state index in [-0.39, 0.29) is 0 Å². The summed E-state index contributed by atoms with van der Waals surface area (Å²) in [6, 6.07) is 14.7. The molecule has 0 fully saturated rings. The first-order valence-corrected chi connectivity index (χ1v) is 7.20. The molecule has 98 valence electrons. The number of rotatable bonds is 3. The largest absolute Gasteiger partial charge is 0.455 e. The SMILES string of the molecule is CSC(N)=Nc1ccc(Cl)cc1Oc1ccccc1. The molecule has 0 radical (unpaired) electrons. The van der Waals surface area contributed by atoms with Crippen molar-refractivity contribution in [2.75, 3.05) is 6.26 Å². The summed E-state index contributed by atoms with van der Waals surface area (Å²) in [6.45, 7) is 0. The lowest BCUT2D eigenvalue weighted by atomic mass is 10.3. The second-order valence-corrected chi connectivity index (χ2v) is 4.94. The quantitative estimate of drug-likeness (QED) is 0.672. The van der Waals surface area contributed by atoms with Crippen LogP contribution in [0.4, 0.5) is 5.69 Å². The van der Waals surface area contributed by atoms with E-state index in [0.29, 0.717) is 21.6 Å². The first-order chi connectivity index (χ1) is 9.19. The number of hydrogen-bond donors (Lipinski definition) is 1. The summed E-state index contributed by atoms with van der Waals surface area (Å²) in [7, 11) is 0. The predicted molar refractivity (Wildman–Crippen MR) is 82.8 cm³/mol. The molecular weight excluding hydrogens is 280 g/mol. The number of nitrogens with two attached hydrogens (primary N) is 1. The van der Waals surface area contributed by atoms with E-state index in [2.05, 4.69) is 4.99 Å². The van der Waals surface area contributed by atoms with E-state index in [1.54, 1.807) is 18.2 Å². The van der Waals surface area contributed by atoms with Crippen molar-refractivity contribution in [3.63, 3.8) is 0 Å². The van der Waals surface area contributed by atoms with Crippen LogP contribution in [-0.4, -0.2) is 11.4 Å². The van der Waals surface area contributed by atoms with Gasteiger partial charge in [0.2, 0.25) is 0 Å². The number of ether oxygens (including phenoxy) is 1. The van der Waals surface area contributed by atoms with Gasteiger partial charge in [0.25, 0.3) is 0 Å². The second kappa shape index (κ2) is 6.50. The first-order valence-electron chi connectivity index (χ1n) is 5.59. The van der Waals surface area contributed by atoms with Gasteiger partial charge in [-0.2, -0.15) is 0 Å². The molecule has 0 saturated heterocycles. The summed E-state index contributed by atoms with van der Waals surface area (Å²) in [4.78, 5) is 4.29. The summed E-state index contributed by atoms with van der Waals surface area (Å²) in [5, 5.41) is 1.06. The van der Waals surface area contributed by atoms with Crippen LogP contribution in [0.15, 0.2) is 53.5 Å². The Bertz CT molecular complexity index is 587. The number of hydrogen-bond acceptors (Lipinski definition) is 3. The fourth-order valence-corrected chi connectivity index (χ4v) is 1.79. The van der Waals surface area contributed by atoms with Crippen LogP contribution in [-0.2, 0) is 0 Å². The highest BCUT2D eigenvalue weighted by atomic mass is 35.5. The monoisotopic (exact) mass is 292 g/mol. The van der Waals surface area contributed by atoms with E-state index in [9.17, 15) is 0 Å². The summed E-state index contributed by atoms with van der Waals surface area (Å²) in [6.07, 6.45) is 1.87. The van der Waals surface area contributed by atoms with E-state index in [1.165, 1.54) is 11.8 Å². The molecule has 0 saturated carbocycles. The Labute approximate surface area is 121 Å². The standard InChI is InChI=1S/C14H13ClN2OS/c1-19-14(16)17-12-8-7-10(15)9-13(12)18-11-5-3-2-4-6-11/h2-9H,1H3,(H2,16,17). The van der Waals surface area contributed by atoms with Gasteiger partial charge in [0.05, 0.1) is 0 Å². The van der Waals surface area contributed by atoms with Crippen molar-refractivity contribution in [2.24, 2.45) is 10.7 Å². The lowest BCUT2D eigenvalue weighted by Gasteiger charge is -2.09. The molecule has 0 aliphatic carbocycles. The molecule has 0 atom stereocenters. The zero-order chi connectivity index (χ0) is 13.7. The maximum absolute atomic E-state index is 5.99. The smallest absolute Gasteiger partial charge is 0.159 e. The van der Waals surface area contributed by atoms with E-state index in [0.717, 1.165) is 5.75 Å². The Hall–Kier alpha value is -1.65. The van der Waals surface area contributed by atoms with E-state index < -0.39 is 0 Å². The highest BCUT2D eigenvalue weighted by Gasteiger charge is 2.06. The molecule has 0 aromatic heterocycles. The maximum atomic E-state index is 5.99. The molecule has 0 heterocycles. The number of halogens is 1. The van der Waals surface area contributed by atoms with Gasteiger partial charge >= 0.3 is 0 Å². The molecule has 0 spiro atoms. The van der Waals surface area contributed by atoms with Crippen molar-refractivity contribution >= 4 is 34.2 Å². The summed E-state index contributed by atoms with van der Waals surface area (Å²) in [5.41, 5.74) is 6.38. The van der Waals surface area contributed by atoms with Gasteiger partial charge in [0.1, 0.15) is 11.4 Å². The molecule has 19 heavy (non-hydrogen) atoms. The van der Waals surface area contributed by atoms with Gasteiger partial charge in [-0.15, -0.1) is 0 Å². The molecule has 0 aliphatic rings. The minimum Gasteiger partial charge on any atom is -0.455 e. The number of benzene rings is 2. The summed E-state index contributed by atoms with van der Waals surface area (Å²) >= 11 is 7.37. The highest BCUT2D eigenvalue weighted by Crippen LogP contribution is 2.34. The molecule has 0 amide bonds. The van der Waals surface area contributed by atoms with E-state index in [4.69, 9.17) is 22.1 Å². The van der Waals surface area contributed by atoms with Crippen LogP contribution in [0.3, 0.4) is 0 Å². The molecule has 3 nitrogen and oxygen atoms in total. The minimum atomic E-state index is 0.472. The van der Waals surface area contributed by atoms with Crippen LogP contribution in [0, 0.1) is 0 Å².